The van der Waals surface area contributed by atoms with Crippen LogP contribution in [0.15, 0.2) is 4.90 Å². The Hall–Kier alpha value is -1.38. The fraction of sp³-hybridized carbons (Fsp3) is 0.545. The number of aromatic amines is 1. The van der Waals surface area contributed by atoms with E-state index in [1.54, 1.807) is 0 Å². The molecule has 7 nitrogen and oxygen atoms in total. The van der Waals surface area contributed by atoms with Crippen LogP contribution in [0.5, 0.6) is 0 Å². The van der Waals surface area contributed by atoms with E-state index in [1.165, 1.54) is 13.8 Å². The number of hydrogen-bond acceptors (Lipinski definition) is 4. The van der Waals surface area contributed by atoms with E-state index in [9.17, 15) is 13.2 Å². The van der Waals surface area contributed by atoms with Crippen molar-refractivity contribution >= 4 is 16.0 Å². The van der Waals surface area contributed by atoms with Gasteiger partial charge in [-0.05, 0) is 19.8 Å². The van der Waals surface area contributed by atoms with Crippen molar-refractivity contribution in [3.63, 3.8) is 0 Å². The summed E-state index contributed by atoms with van der Waals surface area (Å²) in [6, 6.07) is 0. The first-order valence-electron chi connectivity index (χ1n) is 5.73. The lowest BCUT2D eigenvalue weighted by molar-refractivity contribution is 0.0690. The van der Waals surface area contributed by atoms with Crippen molar-refractivity contribution in [1.29, 1.82) is 0 Å². The highest BCUT2D eigenvalue weighted by Crippen LogP contribution is 2.22. The summed E-state index contributed by atoms with van der Waals surface area (Å²) >= 11 is 0. The van der Waals surface area contributed by atoms with E-state index in [0.717, 1.165) is 0 Å². The van der Waals surface area contributed by atoms with Crippen LogP contribution >= 0.6 is 0 Å². The van der Waals surface area contributed by atoms with Crippen LogP contribution in [0.25, 0.3) is 0 Å². The van der Waals surface area contributed by atoms with Crippen LogP contribution in [0.3, 0.4) is 0 Å². The molecule has 1 aromatic rings. The van der Waals surface area contributed by atoms with Gasteiger partial charge < -0.3 is 10.1 Å². The predicted molar refractivity (Wildman–Crippen MR) is 68.3 cm³/mol. The van der Waals surface area contributed by atoms with Crippen molar-refractivity contribution in [2.75, 3.05) is 6.61 Å². The van der Waals surface area contributed by atoms with Gasteiger partial charge in [0.1, 0.15) is 10.6 Å². The van der Waals surface area contributed by atoms with Gasteiger partial charge in [0.2, 0.25) is 0 Å². The zero-order valence-corrected chi connectivity index (χ0v) is 12.1. The zero-order chi connectivity index (χ0) is 14.8. The minimum absolute atomic E-state index is 0.0892. The number of carboxylic acid groups (broad SMARTS) is 1. The average molecular weight is 290 g/mol. The van der Waals surface area contributed by atoms with E-state index < -0.39 is 16.0 Å². The predicted octanol–water partition coefficient (Wildman–Crippen LogP) is 1.20. The molecule has 0 aliphatic carbocycles. The molecule has 1 rings (SSSR count). The Labute approximate surface area is 112 Å². The van der Waals surface area contributed by atoms with Gasteiger partial charge in [0.15, 0.2) is 0 Å². The van der Waals surface area contributed by atoms with E-state index in [-0.39, 0.29) is 34.4 Å². The highest BCUT2D eigenvalue weighted by molar-refractivity contribution is 7.89. The Kier molecular flexibility index (Phi) is 4.72. The van der Waals surface area contributed by atoms with E-state index >= 15 is 0 Å². The van der Waals surface area contributed by atoms with Crippen molar-refractivity contribution in [2.45, 2.75) is 32.6 Å². The van der Waals surface area contributed by atoms with E-state index in [4.69, 9.17) is 9.94 Å². The number of carboxylic acids is 1. The number of hydrogen-bond donors (Lipinski definition) is 3. The Morgan fingerprint density at radius 1 is 1.42 bits per heavy atom. The molecule has 0 atom stereocenters. The number of H-pyrrole nitrogens is 1. The first kappa shape index (κ1) is 15.7. The molecule has 3 N–H and O–H groups in total. The van der Waals surface area contributed by atoms with E-state index in [0.29, 0.717) is 0 Å². The number of rotatable bonds is 6. The fourth-order valence-electron chi connectivity index (χ4n) is 1.67. The fourth-order valence-corrected chi connectivity index (χ4v) is 2.94. The van der Waals surface area contributed by atoms with Crippen LogP contribution < -0.4 is 4.89 Å². The molecule has 0 spiro atoms. The highest BCUT2D eigenvalue weighted by Gasteiger charge is 2.26. The summed E-state index contributed by atoms with van der Waals surface area (Å²) in [5.41, 5.74) is 0.280. The Bertz CT molecular complexity index is 574. The lowest BCUT2D eigenvalue weighted by Gasteiger charge is -2.09. The SMILES string of the molecule is Cc1[nH]c(C(=O)O)c(C)c1S(=O)(=O)NOCC(C)C. The molecule has 19 heavy (non-hydrogen) atoms. The van der Waals surface area contributed by atoms with E-state index in [1.807, 2.05) is 18.7 Å². The third-order valence-corrected chi connectivity index (χ3v) is 3.92. The Morgan fingerprint density at radius 3 is 2.42 bits per heavy atom. The molecular formula is C11H18N2O5S. The van der Waals surface area contributed by atoms with Crippen LogP contribution in [0, 0.1) is 19.8 Å². The van der Waals surface area contributed by atoms with Gasteiger partial charge in [-0.25, -0.2) is 13.2 Å². The van der Waals surface area contributed by atoms with Gasteiger partial charge in [0, 0.05) is 11.3 Å². The maximum atomic E-state index is 12.0. The number of aryl methyl sites for hydroxylation is 1. The monoisotopic (exact) mass is 290 g/mol. The summed E-state index contributed by atoms with van der Waals surface area (Å²) in [5, 5.41) is 8.94. The van der Waals surface area contributed by atoms with Crippen LogP contribution in [0.4, 0.5) is 0 Å². The minimum Gasteiger partial charge on any atom is -0.477 e. The molecule has 108 valence electrons. The first-order valence-corrected chi connectivity index (χ1v) is 7.21. The molecule has 0 amide bonds. The average Bonchev–Trinajstić information content (AvgIpc) is 2.53. The molecule has 0 bridgehead atoms. The number of aromatic carboxylic acids is 1. The highest BCUT2D eigenvalue weighted by atomic mass is 32.2. The molecule has 0 saturated heterocycles. The van der Waals surface area contributed by atoms with Crippen molar-refractivity contribution in [2.24, 2.45) is 5.92 Å². The number of aromatic nitrogens is 1. The van der Waals surface area contributed by atoms with Crippen molar-refractivity contribution in [3.05, 3.63) is 17.0 Å². The lowest BCUT2D eigenvalue weighted by Crippen LogP contribution is -2.26. The summed E-state index contributed by atoms with van der Waals surface area (Å²) in [7, 11) is -3.90. The number of sulfonamides is 1. The van der Waals surface area contributed by atoms with Gasteiger partial charge in [-0.2, -0.15) is 0 Å². The molecule has 0 radical (unpaired) electrons. The number of carbonyl (C=O) groups is 1. The Morgan fingerprint density at radius 2 is 2.00 bits per heavy atom. The molecule has 1 aromatic heterocycles. The topological polar surface area (TPSA) is 108 Å². The third-order valence-electron chi connectivity index (χ3n) is 2.44. The summed E-state index contributed by atoms with van der Waals surface area (Å²) in [6.07, 6.45) is 0. The summed E-state index contributed by atoms with van der Waals surface area (Å²) in [6.45, 7) is 6.92. The van der Waals surface area contributed by atoms with Gasteiger partial charge in [-0.1, -0.05) is 18.7 Å². The summed E-state index contributed by atoms with van der Waals surface area (Å²) in [4.78, 5) is 20.3. The number of nitrogens with one attached hydrogen (secondary N) is 2. The van der Waals surface area contributed by atoms with Crippen molar-refractivity contribution in [3.8, 4) is 0 Å². The lowest BCUT2D eigenvalue weighted by atomic mass is 10.2. The zero-order valence-electron chi connectivity index (χ0n) is 11.3. The Balaban J connectivity index is 3.05. The maximum absolute atomic E-state index is 12.0. The minimum atomic E-state index is -3.90. The quantitative estimate of drug-likeness (QED) is 0.682. The van der Waals surface area contributed by atoms with Crippen LogP contribution in [0.1, 0.15) is 35.6 Å². The second-order valence-electron chi connectivity index (χ2n) is 4.68. The van der Waals surface area contributed by atoms with Crippen molar-refractivity contribution < 1.29 is 23.2 Å². The maximum Gasteiger partial charge on any atom is 0.352 e. The van der Waals surface area contributed by atoms with Crippen molar-refractivity contribution in [1.82, 2.24) is 9.87 Å². The molecule has 8 heteroatoms. The molecule has 1 heterocycles. The normalized spacial score (nSPS) is 12.1. The van der Waals surface area contributed by atoms with Crippen LogP contribution in [-0.4, -0.2) is 31.1 Å². The molecule has 0 aromatic carbocycles. The van der Waals surface area contributed by atoms with Gasteiger partial charge >= 0.3 is 5.97 Å². The third kappa shape index (κ3) is 3.55. The first-order chi connectivity index (χ1) is 8.66. The summed E-state index contributed by atoms with van der Waals surface area (Å²) in [5.74, 6) is -1.03. The molecule has 0 saturated carbocycles. The van der Waals surface area contributed by atoms with E-state index in [2.05, 4.69) is 4.98 Å². The van der Waals surface area contributed by atoms with Crippen LogP contribution in [0.2, 0.25) is 0 Å². The summed E-state index contributed by atoms with van der Waals surface area (Å²) < 4.78 is 24.1. The molecule has 0 unspecified atom stereocenters. The smallest absolute Gasteiger partial charge is 0.352 e. The molecular weight excluding hydrogens is 272 g/mol. The standard InChI is InChI=1S/C11H18N2O5S/c1-6(2)5-18-13-19(16,17)10-7(3)9(11(14)15)12-8(10)4/h6,12-13H,5H2,1-4H3,(H,14,15). The van der Waals surface area contributed by atoms with Gasteiger partial charge in [-0.15, -0.1) is 0 Å². The second kappa shape index (κ2) is 5.72. The van der Waals surface area contributed by atoms with Gasteiger partial charge in [0.05, 0.1) is 6.61 Å². The molecule has 0 aliphatic rings. The second-order valence-corrected chi connectivity index (χ2v) is 6.26. The largest absolute Gasteiger partial charge is 0.477 e. The molecule has 0 fully saturated rings. The van der Waals surface area contributed by atoms with Gasteiger partial charge in [0.25, 0.3) is 10.0 Å². The molecule has 0 aliphatic heterocycles. The van der Waals surface area contributed by atoms with Gasteiger partial charge in [-0.3, -0.25) is 4.84 Å². The van der Waals surface area contributed by atoms with Crippen LogP contribution in [-0.2, 0) is 14.9 Å².